The molecule has 2 heterocycles. The van der Waals surface area contributed by atoms with E-state index in [0.29, 0.717) is 6.61 Å². The third-order valence-electron chi connectivity index (χ3n) is 3.89. The number of hydrogen-bond donors (Lipinski definition) is 1. The summed E-state index contributed by atoms with van der Waals surface area (Å²) in [4.78, 5) is 16.7. The number of benzene rings is 1. The van der Waals surface area contributed by atoms with E-state index in [0.717, 1.165) is 29.1 Å². The van der Waals surface area contributed by atoms with Gasteiger partial charge in [0.15, 0.2) is 0 Å². The fourth-order valence-electron chi connectivity index (χ4n) is 2.80. The second-order valence-corrected chi connectivity index (χ2v) is 6.75. The van der Waals surface area contributed by atoms with Gasteiger partial charge >= 0.3 is 0 Å². The normalized spacial score (nSPS) is 18.8. The Morgan fingerprint density at radius 2 is 2.26 bits per heavy atom. The fraction of sp³-hybridized carbons (Fsp3) is 0.412. The van der Waals surface area contributed by atoms with Crippen molar-refractivity contribution in [2.75, 3.05) is 6.61 Å². The number of hydrogen-bond acceptors (Lipinski definition) is 4. The molecular formula is C17H19FN2O2S. The molecule has 4 nitrogen and oxygen atoms in total. The van der Waals surface area contributed by atoms with Crippen LogP contribution in [0.5, 0.6) is 0 Å². The molecule has 0 saturated carbocycles. The van der Waals surface area contributed by atoms with Crippen molar-refractivity contribution in [1.82, 2.24) is 10.3 Å². The molecule has 23 heavy (non-hydrogen) atoms. The van der Waals surface area contributed by atoms with Crippen LogP contribution in [0.4, 0.5) is 4.39 Å². The Bertz CT molecular complexity index is 665. The Labute approximate surface area is 138 Å². The van der Waals surface area contributed by atoms with Crippen LogP contribution in [0, 0.1) is 12.7 Å². The molecule has 1 aromatic carbocycles. The molecule has 1 aliphatic heterocycles. The van der Waals surface area contributed by atoms with Crippen LogP contribution in [0.25, 0.3) is 0 Å². The van der Waals surface area contributed by atoms with Gasteiger partial charge in [0, 0.05) is 12.0 Å². The summed E-state index contributed by atoms with van der Waals surface area (Å²) >= 11 is 1.53. The van der Waals surface area contributed by atoms with Crippen molar-refractivity contribution in [3.05, 3.63) is 51.7 Å². The van der Waals surface area contributed by atoms with E-state index in [2.05, 4.69) is 10.3 Å². The molecular weight excluding hydrogens is 315 g/mol. The van der Waals surface area contributed by atoms with Gasteiger partial charge in [0.1, 0.15) is 5.82 Å². The first-order chi connectivity index (χ1) is 11.1. The Balaban J connectivity index is 1.72. The van der Waals surface area contributed by atoms with E-state index in [1.165, 1.54) is 23.5 Å². The lowest BCUT2D eigenvalue weighted by Crippen LogP contribution is -2.37. The fourth-order valence-corrected chi connectivity index (χ4v) is 3.42. The number of thiazole rings is 1. The molecule has 0 bridgehead atoms. The molecule has 0 spiro atoms. The maximum Gasteiger partial charge on any atom is 0.226 e. The number of carbonyl (C=O) groups excluding carboxylic acids is 1. The number of ether oxygens (including phenoxy) is 1. The average Bonchev–Trinajstić information content (AvgIpc) is 3.18. The highest BCUT2D eigenvalue weighted by molar-refractivity contribution is 7.09. The molecule has 6 heteroatoms. The lowest BCUT2D eigenvalue weighted by atomic mass is 9.99. The first-order valence-electron chi connectivity index (χ1n) is 7.69. The van der Waals surface area contributed by atoms with Crippen LogP contribution in [0.2, 0.25) is 0 Å². The predicted octanol–water partition coefficient (Wildman–Crippen LogP) is 3.17. The maximum atomic E-state index is 13.2. The Morgan fingerprint density at radius 1 is 1.48 bits per heavy atom. The zero-order valence-corrected chi connectivity index (χ0v) is 13.7. The summed E-state index contributed by atoms with van der Waals surface area (Å²) in [6, 6.07) is 5.97. The van der Waals surface area contributed by atoms with Crippen molar-refractivity contribution in [3.8, 4) is 0 Å². The van der Waals surface area contributed by atoms with E-state index in [1.54, 1.807) is 12.1 Å². The Kier molecular flexibility index (Phi) is 5.03. The lowest BCUT2D eigenvalue weighted by molar-refractivity contribution is -0.122. The molecule has 122 valence electrons. The van der Waals surface area contributed by atoms with E-state index in [-0.39, 0.29) is 30.3 Å². The van der Waals surface area contributed by atoms with E-state index in [4.69, 9.17) is 4.74 Å². The first kappa shape index (κ1) is 16.1. The maximum absolute atomic E-state index is 13.2. The van der Waals surface area contributed by atoms with E-state index in [9.17, 15) is 9.18 Å². The molecule has 1 fully saturated rings. The molecule has 0 radical (unpaired) electrons. The molecule has 2 atom stereocenters. The molecule has 1 aromatic heterocycles. The summed E-state index contributed by atoms with van der Waals surface area (Å²) < 4.78 is 18.9. The van der Waals surface area contributed by atoms with Gasteiger partial charge in [0.25, 0.3) is 0 Å². The average molecular weight is 334 g/mol. The summed E-state index contributed by atoms with van der Waals surface area (Å²) in [5.41, 5.74) is 1.64. The van der Waals surface area contributed by atoms with Crippen molar-refractivity contribution < 1.29 is 13.9 Å². The molecule has 1 amide bonds. The molecule has 1 saturated heterocycles. The number of nitrogens with zero attached hydrogens (tertiary/aromatic N) is 1. The van der Waals surface area contributed by atoms with Crippen LogP contribution in [0.3, 0.4) is 0 Å². The highest BCUT2D eigenvalue weighted by Gasteiger charge is 2.28. The minimum atomic E-state index is -0.288. The number of aromatic nitrogens is 1. The van der Waals surface area contributed by atoms with Crippen molar-refractivity contribution in [2.45, 2.75) is 38.3 Å². The van der Waals surface area contributed by atoms with Gasteiger partial charge in [-0.2, -0.15) is 0 Å². The third-order valence-corrected chi connectivity index (χ3v) is 4.71. The number of rotatable bonds is 5. The second kappa shape index (κ2) is 7.19. The van der Waals surface area contributed by atoms with Gasteiger partial charge in [-0.15, -0.1) is 11.3 Å². The Morgan fingerprint density at radius 3 is 2.87 bits per heavy atom. The SMILES string of the molecule is Cc1nc(CC(=O)N[C@H](c2ccc(F)cc2)[C@H]2CCCO2)cs1. The molecule has 0 aliphatic carbocycles. The van der Waals surface area contributed by atoms with E-state index < -0.39 is 0 Å². The molecule has 2 aromatic rings. The van der Waals surface area contributed by atoms with Crippen molar-refractivity contribution >= 4 is 17.2 Å². The van der Waals surface area contributed by atoms with Crippen LogP contribution < -0.4 is 5.32 Å². The number of carbonyl (C=O) groups is 1. The van der Waals surface area contributed by atoms with Gasteiger partial charge in [0.05, 0.1) is 29.3 Å². The highest BCUT2D eigenvalue weighted by atomic mass is 32.1. The summed E-state index contributed by atoms with van der Waals surface area (Å²) in [5, 5.41) is 5.87. The van der Waals surface area contributed by atoms with Crippen LogP contribution in [0.15, 0.2) is 29.6 Å². The summed E-state index contributed by atoms with van der Waals surface area (Å²) in [6.07, 6.45) is 2.04. The zero-order chi connectivity index (χ0) is 16.2. The molecule has 0 unspecified atom stereocenters. The number of aryl methyl sites for hydroxylation is 1. The van der Waals surface area contributed by atoms with Gasteiger partial charge in [-0.25, -0.2) is 9.37 Å². The minimum Gasteiger partial charge on any atom is -0.376 e. The summed E-state index contributed by atoms with van der Waals surface area (Å²) in [5.74, 6) is -0.385. The molecule has 1 aliphatic rings. The number of amides is 1. The predicted molar refractivity (Wildman–Crippen MR) is 86.8 cm³/mol. The lowest BCUT2D eigenvalue weighted by Gasteiger charge is -2.24. The van der Waals surface area contributed by atoms with Crippen LogP contribution in [-0.4, -0.2) is 23.6 Å². The van der Waals surface area contributed by atoms with Crippen molar-refractivity contribution in [2.24, 2.45) is 0 Å². The standard InChI is InChI=1S/C17H19FN2O2S/c1-11-19-14(10-23-11)9-16(21)20-17(15-3-2-8-22-15)12-4-6-13(18)7-5-12/h4-7,10,15,17H,2-3,8-9H2,1H3,(H,20,21)/t15-,17-/m1/s1. The third kappa shape index (κ3) is 4.14. The number of nitrogens with one attached hydrogen (secondary N) is 1. The van der Waals surface area contributed by atoms with Crippen LogP contribution >= 0.6 is 11.3 Å². The molecule has 1 N–H and O–H groups in total. The van der Waals surface area contributed by atoms with E-state index in [1.807, 2.05) is 12.3 Å². The van der Waals surface area contributed by atoms with Gasteiger partial charge in [-0.3, -0.25) is 4.79 Å². The monoisotopic (exact) mass is 334 g/mol. The summed E-state index contributed by atoms with van der Waals surface area (Å²) in [6.45, 7) is 2.61. The number of halogens is 1. The zero-order valence-electron chi connectivity index (χ0n) is 12.9. The van der Waals surface area contributed by atoms with Crippen molar-refractivity contribution in [3.63, 3.8) is 0 Å². The minimum absolute atomic E-state index is 0.0680. The van der Waals surface area contributed by atoms with Crippen molar-refractivity contribution in [1.29, 1.82) is 0 Å². The second-order valence-electron chi connectivity index (χ2n) is 5.68. The smallest absolute Gasteiger partial charge is 0.226 e. The largest absolute Gasteiger partial charge is 0.376 e. The summed E-state index contributed by atoms with van der Waals surface area (Å²) in [7, 11) is 0. The van der Waals surface area contributed by atoms with Gasteiger partial charge in [-0.05, 0) is 37.5 Å². The van der Waals surface area contributed by atoms with Crippen LogP contribution in [0.1, 0.15) is 35.1 Å². The Hall–Kier alpha value is -1.79. The van der Waals surface area contributed by atoms with Gasteiger partial charge in [-0.1, -0.05) is 12.1 Å². The van der Waals surface area contributed by atoms with Gasteiger partial charge in [0.2, 0.25) is 5.91 Å². The first-order valence-corrected chi connectivity index (χ1v) is 8.57. The highest BCUT2D eigenvalue weighted by Crippen LogP contribution is 2.27. The van der Waals surface area contributed by atoms with Gasteiger partial charge < -0.3 is 10.1 Å². The van der Waals surface area contributed by atoms with E-state index >= 15 is 0 Å². The molecule has 3 rings (SSSR count). The van der Waals surface area contributed by atoms with Crippen LogP contribution in [-0.2, 0) is 16.0 Å². The topological polar surface area (TPSA) is 51.2 Å². The quantitative estimate of drug-likeness (QED) is 0.914.